The van der Waals surface area contributed by atoms with Crippen LogP contribution in [0.3, 0.4) is 0 Å². The first-order valence-electron chi connectivity index (χ1n) is 6.71. The fourth-order valence-corrected chi connectivity index (χ4v) is 2.50. The molecular formula is C14H19BrN4O. The lowest BCUT2D eigenvalue weighted by Gasteiger charge is -2.15. The van der Waals surface area contributed by atoms with Gasteiger partial charge in [-0.25, -0.2) is 0 Å². The molecule has 0 aliphatic heterocycles. The molecule has 5 nitrogen and oxygen atoms in total. The zero-order valence-corrected chi connectivity index (χ0v) is 13.5. The SMILES string of the molecule is CNC(Cc1nc(-c2ncccc2Br)no1)CC(C)C. The Morgan fingerprint density at radius 2 is 2.20 bits per heavy atom. The highest BCUT2D eigenvalue weighted by Gasteiger charge is 2.16. The minimum atomic E-state index is 0.343. The first kappa shape index (κ1) is 15.1. The zero-order valence-electron chi connectivity index (χ0n) is 11.9. The Morgan fingerprint density at radius 1 is 1.40 bits per heavy atom. The maximum atomic E-state index is 5.33. The monoisotopic (exact) mass is 338 g/mol. The van der Waals surface area contributed by atoms with Crippen LogP contribution in [0.4, 0.5) is 0 Å². The minimum absolute atomic E-state index is 0.343. The normalized spacial score (nSPS) is 12.8. The smallest absolute Gasteiger partial charge is 0.228 e. The van der Waals surface area contributed by atoms with E-state index < -0.39 is 0 Å². The number of nitrogens with one attached hydrogen (secondary N) is 1. The summed E-state index contributed by atoms with van der Waals surface area (Å²) in [7, 11) is 1.96. The topological polar surface area (TPSA) is 63.8 Å². The zero-order chi connectivity index (χ0) is 14.5. The summed E-state index contributed by atoms with van der Waals surface area (Å²) in [6.45, 7) is 4.41. The van der Waals surface area contributed by atoms with Crippen LogP contribution >= 0.6 is 15.9 Å². The fraction of sp³-hybridized carbons (Fsp3) is 0.500. The summed E-state index contributed by atoms with van der Waals surface area (Å²) in [4.78, 5) is 8.69. The molecule has 0 fully saturated rings. The number of likely N-dealkylation sites (N-methyl/N-ethyl adjacent to an activating group) is 1. The van der Waals surface area contributed by atoms with Gasteiger partial charge in [-0.3, -0.25) is 4.98 Å². The van der Waals surface area contributed by atoms with E-state index in [9.17, 15) is 0 Å². The second-order valence-corrected chi connectivity index (χ2v) is 6.02. The van der Waals surface area contributed by atoms with Crippen LogP contribution in [0, 0.1) is 5.92 Å². The molecule has 0 radical (unpaired) electrons. The molecule has 6 heteroatoms. The van der Waals surface area contributed by atoms with Crippen molar-refractivity contribution in [1.29, 1.82) is 0 Å². The van der Waals surface area contributed by atoms with Crippen LogP contribution in [0.5, 0.6) is 0 Å². The molecule has 0 saturated heterocycles. The molecule has 1 atom stereocenters. The van der Waals surface area contributed by atoms with Crippen molar-refractivity contribution in [3.05, 3.63) is 28.7 Å². The summed E-state index contributed by atoms with van der Waals surface area (Å²) in [5.74, 6) is 1.78. The molecule has 2 aromatic heterocycles. The lowest BCUT2D eigenvalue weighted by atomic mass is 10.0. The van der Waals surface area contributed by atoms with Crippen LogP contribution in [-0.4, -0.2) is 28.2 Å². The van der Waals surface area contributed by atoms with E-state index in [4.69, 9.17) is 4.52 Å². The van der Waals surface area contributed by atoms with Crippen molar-refractivity contribution < 1.29 is 4.52 Å². The van der Waals surface area contributed by atoms with Gasteiger partial charge >= 0.3 is 0 Å². The summed E-state index contributed by atoms with van der Waals surface area (Å²) in [6.07, 6.45) is 3.51. The van der Waals surface area contributed by atoms with Crippen molar-refractivity contribution in [2.75, 3.05) is 7.05 Å². The molecule has 1 unspecified atom stereocenters. The Balaban J connectivity index is 2.11. The second kappa shape index (κ2) is 6.95. The molecule has 2 aromatic rings. The van der Waals surface area contributed by atoms with Crippen LogP contribution < -0.4 is 5.32 Å². The number of hydrogen-bond acceptors (Lipinski definition) is 5. The fourth-order valence-electron chi connectivity index (χ4n) is 2.07. The largest absolute Gasteiger partial charge is 0.339 e. The van der Waals surface area contributed by atoms with Gasteiger partial charge in [0.05, 0.1) is 0 Å². The summed E-state index contributed by atoms with van der Waals surface area (Å²) in [5, 5.41) is 7.30. The van der Waals surface area contributed by atoms with Gasteiger partial charge in [0.15, 0.2) is 0 Å². The third kappa shape index (κ3) is 3.86. The highest BCUT2D eigenvalue weighted by molar-refractivity contribution is 9.10. The van der Waals surface area contributed by atoms with Gasteiger partial charge in [-0.15, -0.1) is 0 Å². The van der Waals surface area contributed by atoms with Gasteiger partial charge in [0, 0.05) is 23.1 Å². The van der Waals surface area contributed by atoms with Gasteiger partial charge in [-0.05, 0) is 47.4 Å². The molecule has 20 heavy (non-hydrogen) atoms. The van der Waals surface area contributed by atoms with Gasteiger partial charge in [-0.2, -0.15) is 4.98 Å². The summed E-state index contributed by atoms with van der Waals surface area (Å²) in [5.41, 5.74) is 0.701. The third-order valence-corrected chi connectivity index (χ3v) is 3.66. The first-order chi connectivity index (χ1) is 9.60. The molecular weight excluding hydrogens is 320 g/mol. The van der Waals surface area contributed by atoms with Crippen LogP contribution in [0.2, 0.25) is 0 Å². The Labute approximate surface area is 127 Å². The predicted molar refractivity (Wildman–Crippen MR) is 81.2 cm³/mol. The van der Waals surface area contributed by atoms with E-state index in [0.717, 1.165) is 17.3 Å². The van der Waals surface area contributed by atoms with Gasteiger partial charge < -0.3 is 9.84 Å². The van der Waals surface area contributed by atoms with Gasteiger partial charge in [0.2, 0.25) is 11.7 Å². The number of nitrogens with zero attached hydrogens (tertiary/aromatic N) is 3. The maximum absolute atomic E-state index is 5.33. The highest BCUT2D eigenvalue weighted by atomic mass is 79.9. The molecule has 0 amide bonds. The lowest BCUT2D eigenvalue weighted by Crippen LogP contribution is -2.29. The number of rotatable bonds is 6. The van der Waals surface area contributed by atoms with E-state index in [0.29, 0.717) is 29.4 Å². The maximum Gasteiger partial charge on any atom is 0.228 e. The van der Waals surface area contributed by atoms with Crippen molar-refractivity contribution in [3.63, 3.8) is 0 Å². The minimum Gasteiger partial charge on any atom is -0.339 e. The van der Waals surface area contributed by atoms with E-state index in [1.54, 1.807) is 6.20 Å². The van der Waals surface area contributed by atoms with E-state index in [2.05, 4.69) is 50.2 Å². The average molecular weight is 339 g/mol. The molecule has 0 spiro atoms. The third-order valence-electron chi connectivity index (χ3n) is 3.02. The summed E-state index contributed by atoms with van der Waals surface area (Å²) < 4.78 is 6.19. The summed E-state index contributed by atoms with van der Waals surface area (Å²) in [6, 6.07) is 4.11. The van der Waals surface area contributed by atoms with Crippen LogP contribution in [0.1, 0.15) is 26.2 Å². The highest BCUT2D eigenvalue weighted by Crippen LogP contribution is 2.23. The quantitative estimate of drug-likeness (QED) is 0.876. The molecule has 2 heterocycles. The molecule has 108 valence electrons. The van der Waals surface area contributed by atoms with Gasteiger partial charge in [0.1, 0.15) is 5.69 Å². The van der Waals surface area contributed by atoms with Crippen LogP contribution in [0.15, 0.2) is 27.3 Å². The number of halogens is 1. The number of aromatic nitrogens is 3. The first-order valence-corrected chi connectivity index (χ1v) is 7.50. The van der Waals surface area contributed by atoms with Crippen LogP contribution in [-0.2, 0) is 6.42 Å². The van der Waals surface area contributed by atoms with E-state index >= 15 is 0 Å². The van der Waals surface area contributed by atoms with Crippen molar-refractivity contribution in [2.45, 2.75) is 32.7 Å². The Kier molecular flexibility index (Phi) is 5.25. The Hall–Kier alpha value is -1.27. The molecule has 2 rings (SSSR count). The molecule has 0 aromatic carbocycles. The summed E-state index contributed by atoms with van der Waals surface area (Å²) >= 11 is 3.44. The lowest BCUT2D eigenvalue weighted by molar-refractivity contribution is 0.345. The van der Waals surface area contributed by atoms with Crippen molar-refractivity contribution in [2.24, 2.45) is 5.92 Å². The van der Waals surface area contributed by atoms with Gasteiger partial charge in [0.25, 0.3) is 0 Å². The molecule has 0 saturated carbocycles. The van der Waals surface area contributed by atoms with E-state index in [1.165, 1.54) is 0 Å². The molecule has 0 aliphatic carbocycles. The van der Waals surface area contributed by atoms with Crippen LogP contribution in [0.25, 0.3) is 11.5 Å². The average Bonchev–Trinajstić information content (AvgIpc) is 2.86. The van der Waals surface area contributed by atoms with Crippen molar-refractivity contribution >= 4 is 15.9 Å². The standard InChI is InChI=1S/C14H19BrN4O/c1-9(2)7-10(16-3)8-12-18-14(19-20-12)13-11(15)5-4-6-17-13/h4-6,9-10,16H,7-8H2,1-3H3. The van der Waals surface area contributed by atoms with Gasteiger partial charge in [-0.1, -0.05) is 19.0 Å². The number of hydrogen-bond donors (Lipinski definition) is 1. The Bertz CT molecular complexity index is 556. The second-order valence-electron chi connectivity index (χ2n) is 5.16. The van der Waals surface area contributed by atoms with E-state index in [-0.39, 0.29) is 0 Å². The molecule has 0 aliphatic rings. The Morgan fingerprint density at radius 3 is 2.85 bits per heavy atom. The van der Waals surface area contributed by atoms with Crippen molar-refractivity contribution in [1.82, 2.24) is 20.4 Å². The molecule has 1 N–H and O–H groups in total. The molecule has 0 bridgehead atoms. The number of pyridine rings is 1. The van der Waals surface area contributed by atoms with E-state index in [1.807, 2.05) is 19.2 Å². The van der Waals surface area contributed by atoms with Crippen molar-refractivity contribution in [3.8, 4) is 11.5 Å². The predicted octanol–water partition coefficient (Wildman–Crippen LogP) is 3.07.